The molecule has 0 radical (unpaired) electrons. The van der Waals surface area contributed by atoms with Crippen molar-refractivity contribution in [3.05, 3.63) is 131 Å². The molecular weight excluding hydrogens is 803 g/mol. The highest BCUT2D eigenvalue weighted by molar-refractivity contribution is 6.12. The lowest BCUT2D eigenvalue weighted by atomic mass is 9.65. The van der Waals surface area contributed by atoms with Crippen molar-refractivity contribution in [2.24, 2.45) is 11.8 Å². The van der Waals surface area contributed by atoms with E-state index in [0.29, 0.717) is 41.2 Å². The van der Waals surface area contributed by atoms with Crippen LogP contribution in [-0.4, -0.2) is 91.2 Å². The first-order valence-corrected chi connectivity index (χ1v) is 21.5. The van der Waals surface area contributed by atoms with Gasteiger partial charge in [0.1, 0.15) is 29.9 Å². The van der Waals surface area contributed by atoms with E-state index in [4.69, 9.17) is 18.9 Å². The maximum Gasteiger partial charge on any atom is 0.324 e. The summed E-state index contributed by atoms with van der Waals surface area (Å²) in [5, 5.41) is 12.7. The Morgan fingerprint density at radius 1 is 0.810 bits per heavy atom. The summed E-state index contributed by atoms with van der Waals surface area (Å²) >= 11 is 0. The van der Waals surface area contributed by atoms with Crippen molar-refractivity contribution >= 4 is 35.4 Å². The number of morpholine rings is 1. The highest BCUT2D eigenvalue weighted by atomic mass is 16.6. The molecule has 0 aliphatic carbocycles. The molecule has 13 heteroatoms. The number of benzene rings is 4. The number of fused-ring (bicyclic) bond motifs is 3. The zero-order valence-corrected chi connectivity index (χ0v) is 35.4. The lowest BCUT2D eigenvalue weighted by Crippen LogP contribution is -2.55. The minimum atomic E-state index is -1.72. The van der Waals surface area contributed by atoms with Gasteiger partial charge in [-0.1, -0.05) is 104 Å². The number of aliphatic hydroxyl groups excluding tert-OH is 1. The predicted molar refractivity (Wildman–Crippen MR) is 231 cm³/mol. The zero-order valence-electron chi connectivity index (χ0n) is 35.4. The van der Waals surface area contributed by atoms with E-state index in [2.05, 4.69) is 22.1 Å². The molecule has 3 saturated heterocycles. The van der Waals surface area contributed by atoms with Gasteiger partial charge in [-0.05, 0) is 65.4 Å². The van der Waals surface area contributed by atoms with Crippen molar-refractivity contribution in [3.8, 4) is 17.6 Å². The van der Waals surface area contributed by atoms with Gasteiger partial charge in [-0.3, -0.25) is 28.9 Å². The van der Waals surface area contributed by atoms with Crippen LogP contribution >= 0.6 is 0 Å². The highest BCUT2D eigenvalue weighted by Crippen LogP contribution is 2.65. The van der Waals surface area contributed by atoms with E-state index in [1.165, 1.54) is 14.2 Å². The van der Waals surface area contributed by atoms with Crippen molar-refractivity contribution < 1.29 is 48.0 Å². The lowest BCUT2D eigenvalue weighted by molar-refractivity contribution is -0.179. The number of hydrogen-bond acceptors (Lipinski definition) is 11. The molecule has 2 amide bonds. The summed E-state index contributed by atoms with van der Waals surface area (Å²) in [5.74, 6) is 1.07. The van der Waals surface area contributed by atoms with Gasteiger partial charge in [0, 0.05) is 30.8 Å². The van der Waals surface area contributed by atoms with Gasteiger partial charge >= 0.3 is 17.9 Å². The molecule has 63 heavy (non-hydrogen) atoms. The van der Waals surface area contributed by atoms with Crippen LogP contribution in [0.3, 0.4) is 0 Å². The van der Waals surface area contributed by atoms with Crippen molar-refractivity contribution in [2.45, 2.75) is 68.2 Å². The Labute approximate surface area is 366 Å². The molecule has 6 unspecified atom stereocenters. The van der Waals surface area contributed by atoms with Gasteiger partial charge in [-0.25, -0.2) is 0 Å². The second-order valence-corrected chi connectivity index (χ2v) is 16.3. The largest absolute Gasteiger partial charge is 0.491 e. The number of amides is 2. The topological polar surface area (TPSA) is 161 Å². The van der Waals surface area contributed by atoms with E-state index in [-0.39, 0.29) is 25.5 Å². The van der Waals surface area contributed by atoms with Crippen molar-refractivity contribution in [3.63, 3.8) is 0 Å². The van der Waals surface area contributed by atoms with Gasteiger partial charge in [0.15, 0.2) is 5.92 Å². The third-order valence-corrected chi connectivity index (χ3v) is 12.8. The fourth-order valence-corrected chi connectivity index (χ4v) is 10.0. The second kappa shape index (κ2) is 18.9. The van der Waals surface area contributed by atoms with Crippen LogP contribution in [0.25, 0.3) is 0 Å². The summed E-state index contributed by atoms with van der Waals surface area (Å²) in [4.78, 5) is 75.4. The minimum Gasteiger partial charge on any atom is -0.491 e. The van der Waals surface area contributed by atoms with Gasteiger partial charge in [-0.15, -0.1) is 0 Å². The summed E-state index contributed by atoms with van der Waals surface area (Å²) in [6, 6.07) is 28.9. The first-order valence-electron chi connectivity index (χ1n) is 21.5. The number of likely N-dealkylation sites (tertiary alicyclic amines) is 1. The molecule has 4 aromatic rings. The number of esters is 3. The Balaban J connectivity index is 1.38. The van der Waals surface area contributed by atoms with E-state index in [9.17, 15) is 14.7 Å². The van der Waals surface area contributed by atoms with Gasteiger partial charge in [0.2, 0.25) is 11.8 Å². The van der Waals surface area contributed by atoms with Gasteiger partial charge in [0.25, 0.3) is 0 Å². The Hall–Kier alpha value is -6.49. The Bertz CT molecular complexity index is 2370. The van der Waals surface area contributed by atoms with Gasteiger partial charge in [0.05, 0.1) is 38.8 Å². The number of carbonyl (C=O) groups excluding carboxylic acids is 5. The molecule has 6 atom stereocenters. The molecule has 3 fully saturated rings. The fourth-order valence-electron chi connectivity index (χ4n) is 10.0. The number of hydrogen-bond donors (Lipinski definition) is 2. The number of rotatable bonds is 10. The monoisotopic (exact) mass is 853 g/mol. The summed E-state index contributed by atoms with van der Waals surface area (Å²) in [5.41, 5.74) is 1.92. The molecule has 2 N–H and O–H groups in total. The average Bonchev–Trinajstić information content (AvgIpc) is 3.78. The number of carbonyl (C=O) groups is 5. The lowest BCUT2D eigenvalue weighted by Gasteiger charge is -2.46. The molecule has 8 rings (SSSR count). The Kier molecular flexibility index (Phi) is 12.9. The first kappa shape index (κ1) is 43.2. The minimum absolute atomic E-state index is 0.0770. The van der Waals surface area contributed by atoms with Gasteiger partial charge in [-0.2, -0.15) is 0 Å². The summed E-state index contributed by atoms with van der Waals surface area (Å²) in [6.07, 6.45) is 3.53. The van der Waals surface area contributed by atoms with Crippen LogP contribution in [0.5, 0.6) is 5.75 Å². The zero-order chi connectivity index (χ0) is 44.1. The van der Waals surface area contributed by atoms with Crippen LogP contribution < -0.4 is 10.1 Å². The molecule has 4 heterocycles. The van der Waals surface area contributed by atoms with E-state index in [1.54, 1.807) is 30.3 Å². The number of ether oxygens (including phenoxy) is 4. The molecule has 0 bridgehead atoms. The van der Waals surface area contributed by atoms with E-state index < -0.39 is 65.3 Å². The third kappa shape index (κ3) is 8.05. The Morgan fingerprint density at radius 2 is 1.44 bits per heavy atom. The van der Waals surface area contributed by atoms with Crippen LogP contribution in [0.2, 0.25) is 0 Å². The molecule has 1 spiro atoms. The average molecular weight is 854 g/mol. The van der Waals surface area contributed by atoms with Crippen LogP contribution in [0.4, 0.5) is 5.69 Å². The smallest absolute Gasteiger partial charge is 0.324 e. The van der Waals surface area contributed by atoms with Crippen molar-refractivity contribution in [1.82, 2.24) is 9.80 Å². The molecule has 326 valence electrons. The molecule has 4 aliphatic heterocycles. The number of cyclic esters (lactones) is 1. The highest BCUT2D eigenvalue weighted by Gasteiger charge is 2.74. The van der Waals surface area contributed by atoms with Crippen molar-refractivity contribution in [2.75, 3.05) is 45.8 Å². The maximum absolute atomic E-state index is 15.8. The quantitative estimate of drug-likeness (QED) is 0.0856. The second-order valence-electron chi connectivity index (χ2n) is 16.3. The Morgan fingerprint density at radius 3 is 2.08 bits per heavy atom. The first-order chi connectivity index (χ1) is 30.7. The summed E-state index contributed by atoms with van der Waals surface area (Å²) in [6.45, 7) is 0.850. The standard InChI is InChI=1S/C50H51N3O10/c1-60-46(56)37(47(57)61-2)20-14-15-32-21-26-39-38(31-32)50(49(59)51-39)40(45(55)52-27-12-4-3-5-13-28-52)42-48(58)63-43(34-18-10-7-11-19-34)41(33-16-8-6-9-17-33)53(42)44(50)35-22-24-36(25-23-35)62-30-29-54/h6-11,16-19,21-26,31,37,40-44,54H,3-5,12-13,20,27-30H2,1-2H3,(H,51,59). The molecular formula is C50H51N3O10. The van der Waals surface area contributed by atoms with Crippen LogP contribution in [0.1, 0.15) is 84.5 Å². The van der Waals surface area contributed by atoms with E-state index >= 15 is 14.4 Å². The maximum atomic E-state index is 15.8. The van der Waals surface area contributed by atoms with Crippen LogP contribution in [-0.2, 0) is 43.6 Å². The molecule has 0 saturated carbocycles. The van der Waals surface area contributed by atoms with E-state index in [1.807, 2.05) is 77.7 Å². The summed E-state index contributed by atoms with van der Waals surface area (Å²) < 4.78 is 22.0. The molecule has 4 aromatic carbocycles. The number of anilines is 1. The number of methoxy groups -OCH3 is 2. The SMILES string of the molecule is COC(=O)C(CC#Cc1ccc2c(c1)C1(C(=O)N2)C(C(=O)N2CCCCCCC2)C2C(=O)OC(c3ccccc3)C(c3ccccc3)N2C1c1ccc(OCCO)cc1)C(=O)OC. The predicted octanol–water partition coefficient (Wildman–Crippen LogP) is 5.83. The molecule has 0 aromatic heterocycles. The number of nitrogens with zero attached hydrogens (tertiary/aromatic N) is 2. The van der Waals surface area contributed by atoms with Gasteiger partial charge < -0.3 is 34.3 Å². The fraction of sp³-hybridized carbons (Fsp3) is 0.380. The van der Waals surface area contributed by atoms with E-state index in [0.717, 1.165) is 43.2 Å². The molecule has 13 nitrogen and oxygen atoms in total. The van der Waals surface area contributed by atoms with Crippen molar-refractivity contribution in [1.29, 1.82) is 0 Å². The number of aliphatic hydroxyl groups is 1. The normalized spacial score (nSPS) is 24.2. The summed E-state index contributed by atoms with van der Waals surface area (Å²) in [7, 11) is 2.37. The molecule has 4 aliphatic rings. The third-order valence-electron chi connectivity index (χ3n) is 12.8. The van der Waals surface area contributed by atoms with Crippen LogP contribution in [0, 0.1) is 23.7 Å². The van der Waals surface area contributed by atoms with Crippen LogP contribution in [0.15, 0.2) is 103 Å². The number of nitrogens with one attached hydrogen (secondary N) is 1.